The first-order valence-electron chi connectivity index (χ1n) is 4.30. The Bertz CT molecular complexity index is 423. The second-order valence-electron chi connectivity index (χ2n) is 3.03. The summed E-state index contributed by atoms with van der Waals surface area (Å²) in [4.78, 5) is 10.9. The molecule has 0 amide bonds. The molecule has 0 saturated heterocycles. The first-order chi connectivity index (χ1) is 7.04. The van der Waals surface area contributed by atoms with Crippen molar-refractivity contribution < 1.29 is 9.90 Å². The largest absolute Gasteiger partial charge is 0.478 e. The number of nitrogens with one attached hydrogen (secondary N) is 1. The van der Waals surface area contributed by atoms with Crippen LogP contribution in [0.3, 0.4) is 0 Å². The molecule has 0 aliphatic heterocycles. The van der Waals surface area contributed by atoms with Gasteiger partial charge in [0.25, 0.3) is 0 Å². The molecule has 1 unspecified atom stereocenters. The third-order valence-corrected chi connectivity index (χ3v) is 2.33. The lowest BCUT2D eigenvalue weighted by Crippen LogP contribution is -2.15. The molecule has 0 aromatic heterocycles. The molecule has 0 bridgehead atoms. The first kappa shape index (κ1) is 11.6. The Morgan fingerprint density at radius 1 is 1.67 bits per heavy atom. The average molecular weight is 268 g/mol. The molecule has 3 nitrogen and oxygen atoms in total. The highest BCUT2D eigenvalue weighted by atomic mass is 79.9. The number of hydrogen-bond donors (Lipinski definition) is 2. The van der Waals surface area contributed by atoms with Gasteiger partial charge in [-0.25, -0.2) is 4.79 Å². The molecule has 0 aliphatic carbocycles. The number of hydrogen-bond acceptors (Lipinski definition) is 2. The third-order valence-electron chi connectivity index (χ3n) is 1.83. The maximum absolute atomic E-state index is 10.9. The second-order valence-corrected chi connectivity index (χ2v) is 3.94. The van der Waals surface area contributed by atoms with Crippen LogP contribution >= 0.6 is 15.9 Å². The Morgan fingerprint density at radius 3 is 2.87 bits per heavy atom. The molecule has 0 heterocycles. The molecular formula is C11H10BrNO2. The number of halogens is 1. The van der Waals surface area contributed by atoms with Gasteiger partial charge in [-0.2, -0.15) is 0 Å². The number of benzene rings is 1. The van der Waals surface area contributed by atoms with Crippen LogP contribution in [0.2, 0.25) is 0 Å². The van der Waals surface area contributed by atoms with E-state index in [0.717, 1.165) is 4.47 Å². The van der Waals surface area contributed by atoms with Crippen molar-refractivity contribution in [1.82, 2.24) is 0 Å². The predicted octanol–water partition coefficient (Wildman–Crippen LogP) is 2.58. The van der Waals surface area contributed by atoms with Gasteiger partial charge in [0.2, 0.25) is 0 Å². The van der Waals surface area contributed by atoms with Crippen molar-refractivity contribution in [3.63, 3.8) is 0 Å². The molecule has 1 aromatic carbocycles. The lowest BCUT2D eigenvalue weighted by molar-refractivity contribution is 0.0698. The molecule has 0 saturated carbocycles. The summed E-state index contributed by atoms with van der Waals surface area (Å²) in [7, 11) is 0. The number of aromatic carboxylic acids is 1. The fourth-order valence-electron chi connectivity index (χ4n) is 1.09. The van der Waals surface area contributed by atoms with Crippen molar-refractivity contribution in [1.29, 1.82) is 0 Å². The van der Waals surface area contributed by atoms with E-state index in [1.54, 1.807) is 19.1 Å². The standard InChI is InChI=1S/C11H10BrNO2/c1-3-7(2)13-10-5-4-8(12)6-9(10)11(14)15/h1,4-7,13H,2H3,(H,14,15). The first-order valence-corrected chi connectivity index (χ1v) is 5.09. The third kappa shape index (κ3) is 3.00. The van der Waals surface area contributed by atoms with Crippen LogP contribution in [0.25, 0.3) is 0 Å². The predicted molar refractivity (Wildman–Crippen MR) is 63.0 cm³/mol. The van der Waals surface area contributed by atoms with Gasteiger partial charge in [-0.05, 0) is 25.1 Å². The summed E-state index contributed by atoms with van der Waals surface area (Å²) in [6.07, 6.45) is 5.21. The number of carboxylic acid groups (broad SMARTS) is 1. The molecule has 4 heteroatoms. The molecule has 1 aromatic rings. The normalized spacial score (nSPS) is 11.5. The van der Waals surface area contributed by atoms with Gasteiger partial charge in [0.05, 0.1) is 11.6 Å². The van der Waals surface area contributed by atoms with Crippen LogP contribution in [-0.4, -0.2) is 17.1 Å². The molecule has 0 aliphatic rings. The maximum atomic E-state index is 10.9. The molecule has 2 N–H and O–H groups in total. The van der Waals surface area contributed by atoms with Crippen molar-refractivity contribution >= 4 is 27.6 Å². The van der Waals surface area contributed by atoms with Crippen molar-refractivity contribution in [2.75, 3.05) is 5.32 Å². The van der Waals surface area contributed by atoms with Crippen molar-refractivity contribution in [3.05, 3.63) is 28.2 Å². The van der Waals surface area contributed by atoms with Gasteiger partial charge in [-0.1, -0.05) is 21.9 Å². The van der Waals surface area contributed by atoms with E-state index in [0.29, 0.717) is 5.69 Å². The molecule has 15 heavy (non-hydrogen) atoms. The summed E-state index contributed by atoms with van der Waals surface area (Å²) in [5.41, 5.74) is 0.725. The Labute approximate surface area is 96.6 Å². The maximum Gasteiger partial charge on any atom is 0.337 e. The number of carboxylic acids is 1. The Balaban J connectivity index is 3.07. The average Bonchev–Trinajstić information content (AvgIpc) is 2.20. The topological polar surface area (TPSA) is 49.3 Å². The highest BCUT2D eigenvalue weighted by Gasteiger charge is 2.11. The molecule has 0 spiro atoms. The SMILES string of the molecule is C#CC(C)Nc1ccc(Br)cc1C(=O)O. The lowest BCUT2D eigenvalue weighted by Gasteiger charge is -2.12. The van der Waals surface area contributed by atoms with E-state index in [2.05, 4.69) is 27.2 Å². The van der Waals surface area contributed by atoms with Gasteiger partial charge < -0.3 is 10.4 Å². The zero-order valence-corrected chi connectivity index (χ0v) is 9.71. The van der Waals surface area contributed by atoms with Crippen LogP contribution in [-0.2, 0) is 0 Å². The van der Waals surface area contributed by atoms with Crippen LogP contribution in [0.15, 0.2) is 22.7 Å². The lowest BCUT2D eigenvalue weighted by atomic mass is 10.1. The fraction of sp³-hybridized carbons (Fsp3) is 0.182. The number of carbonyl (C=O) groups is 1. The summed E-state index contributed by atoms with van der Waals surface area (Å²) in [5.74, 6) is 1.50. The van der Waals surface area contributed by atoms with Crippen LogP contribution in [0.4, 0.5) is 5.69 Å². The van der Waals surface area contributed by atoms with Crippen LogP contribution in [0.5, 0.6) is 0 Å². The Morgan fingerprint density at radius 2 is 2.33 bits per heavy atom. The minimum absolute atomic E-state index is 0.200. The summed E-state index contributed by atoms with van der Waals surface area (Å²) in [6, 6.07) is 4.78. The van der Waals surface area contributed by atoms with E-state index in [4.69, 9.17) is 11.5 Å². The van der Waals surface area contributed by atoms with E-state index in [-0.39, 0.29) is 11.6 Å². The number of rotatable bonds is 3. The minimum atomic E-state index is -0.983. The summed E-state index contributed by atoms with van der Waals surface area (Å²) >= 11 is 3.22. The van der Waals surface area contributed by atoms with E-state index in [9.17, 15) is 4.79 Å². The van der Waals surface area contributed by atoms with Gasteiger partial charge in [-0.15, -0.1) is 6.42 Å². The van der Waals surface area contributed by atoms with Crippen molar-refractivity contribution in [3.8, 4) is 12.3 Å². The quantitative estimate of drug-likeness (QED) is 0.828. The van der Waals surface area contributed by atoms with Crippen LogP contribution in [0.1, 0.15) is 17.3 Å². The van der Waals surface area contributed by atoms with Gasteiger partial charge in [0.15, 0.2) is 0 Å². The van der Waals surface area contributed by atoms with Gasteiger partial charge in [-0.3, -0.25) is 0 Å². The molecular weight excluding hydrogens is 258 g/mol. The van der Waals surface area contributed by atoms with E-state index < -0.39 is 5.97 Å². The molecule has 1 rings (SSSR count). The molecule has 1 atom stereocenters. The van der Waals surface area contributed by atoms with E-state index in [1.165, 1.54) is 6.07 Å². The summed E-state index contributed by atoms with van der Waals surface area (Å²) < 4.78 is 0.721. The van der Waals surface area contributed by atoms with E-state index >= 15 is 0 Å². The highest BCUT2D eigenvalue weighted by Crippen LogP contribution is 2.21. The minimum Gasteiger partial charge on any atom is -0.478 e. The fourth-order valence-corrected chi connectivity index (χ4v) is 1.46. The second kappa shape index (κ2) is 4.85. The van der Waals surface area contributed by atoms with Gasteiger partial charge in [0.1, 0.15) is 0 Å². The van der Waals surface area contributed by atoms with Gasteiger partial charge in [0, 0.05) is 10.2 Å². The molecule has 0 fully saturated rings. The molecule has 0 radical (unpaired) electrons. The Kier molecular flexibility index (Phi) is 3.75. The highest BCUT2D eigenvalue weighted by molar-refractivity contribution is 9.10. The van der Waals surface area contributed by atoms with Crippen LogP contribution in [0, 0.1) is 12.3 Å². The van der Waals surface area contributed by atoms with Crippen molar-refractivity contribution in [2.45, 2.75) is 13.0 Å². The zero-order valence-electron chi connectivity index (χ0n) is 8.12. The number of terminal acetylenes is 1. The van der Waals surface area contributed by atoms with Crippen molar-refractivity contribution in [2.24, 2.45) is 0 Å². The van der Waals surface area contributed by atoms with Crippen LogP contribution < -0.4 is 5.32 Å². The van der Waals surface area contributed by atoms with Gasteiger partial charge >= 0.3 is 5.97 Å². The smallest absolute Gasteiger partial charge is 0.337 e. The van der Waals surface area contributed by atoms with E-state index in [1.807, 2.05) is 0 Å². The monoisotopic (exact) mass is 267 g/mol. The molecule has 78 valence electrons. The number of anilines is 1. The Hall–Kier alpha value is -1.47. The summed E-state index contributed by atoms with van der Waals surface area (Å²) in [6.45, 7) is 1.79. The summed E-state index contributed by atoms with van der Waals surface area (Å²) in [5, 5.41) is 11.9. The zero-order chi connectivity index (χ0) is 11.4.